The van der Waals surface area contributed by atoms with Gasteiger partial charge in [-0.15, -0.1) is 6.42 Å². The second-order valence-corrected chi connectivity index (χ2v) is 2.35. The molecule has 0 aromatic rings. The third kappa shape index (κ3) is 1.77. The first-order valence-electron chi connectivity index (χ1n) is 2.74. The van der Waals surface area contributed by atoms with E-state index in [4.69, 9.17) is 6.42 Å². The molecule has 0 unspecified atom stereocenters. The summed E-state index contributed by atoms with van der Waals surface area (Å²) in [5.74, 6) is 2.26. The Morgan fingerprint density at radius 1 is 1.67 bits per heavy atom. The molecule has 0 aliphatic rings. The fourth-order valence-corrected chi connectivity index (χ4v) is 0.378. The van der Waals surface area contributed by atoms with Gasteiger partial charge in [-0.05, 0) is 13.8 Å². The summed E-state index contributed by atoms with van der Waals surface area (Å²) in [6, 6.07) is 0. The normalized spacial score (nSPS) is 10.0. The van der Waals surface area contributed by atoms with Crippen LogP contribution in [0.3, 0.4) is 0 Å². The molecule has 0 aliphatic carbocycles. The van der Waals surface area contributed by atoms with Crippen LogP contribution in [-0.4, -0.2) is 13.0 Å². The van der Waals surface area contributed by atoms with Gasteiger partial charge in [-0.1, -0.05) is 5.92 Å². The van der Waals surface area contributed by atoms with Gasteiger partial charge in [0.2, 0.25) is 5.91 Å². The van der Waals surface area contributed by atoms with Crippen LogP contribution in [0.15, 0.2) is 0 Å². The molecular weight excluding hydrogens is 114 g/mol. The molecule has 50 valence electrons. The molecule has 0 saturated heterocycles. The summed E-state index contributed by atoms with van der Waals surface area (Å²) in [5, 5.41) is 2.47. The van der Waals surface area contributed by atoms with Crippen molar-refractivity contribution in [3.63, 3.8) is 0 Å². The lowest BCUT2D eigenvalue weighted by atomic mass is 9.94. The first-order valence-corrected chi connectivity index (χ1v) is 2.74. The molecule has 1 amide bonds. The summed E-state index contributed by atoms with van der Waals surface area (Å²) in [4.78, 5) is 10.8. The van der Waals surface area contributed by atoms with E-state index in [-0.39, 0.29) is 5.91 Å². The average molecular weight is 125 g/mol. The van der Waals surface area contributed by atoms with Crippen LogP contribution in [0.5, 0.6) is 0 Å². The van der Waals surface area contributed by atoms with Crippen molar-refractivity contribution in [2.75, 3.05) is 7.05 Å². The second kappa shape index (κ2) is 2.54. The number of hydrogen-bond donors (Lipinski definition) is 1. The van der Waals surface area contributed by atoms with Gasteiger partial charge in [0.25, 0.3) is 0 Å². The Morgan fingerprint density at radius 3 is 2.22 bits per heavy atom. The summed E-state index contributed by atoms with van der Waals surface area (Å²) in [6.07, 6.45) is 5.07. The zero-order valence-electron chi connectivity index (χ0n) is 5.99. The van der Waals surface area contributed by atoms with E-state index in [1.807, 2.05) is 0 Å². The van der Waals surface area contributed by atoms with Crippen LogP contribution in [0, 0.1) is 17.8 Å². The van der Waals surface area contributed by atoms with Gasteiger partial charge in [-0.3, -0.25) is 4.79 Å². The fourth-order valence-electron chi connectivity index (χ4n) is 0.378. The SMILES string of the molecule is C#CC(C)(C)C(=O)NC. The molecule has 0 saturated carbocycles. The van der Waals surface area contributed by atoms with Gasteiger partial charge in [0, 0.05) is 7.05 Å². The molecule has 0 aromatic heterocycles. The number of amides is 1. The Hall–Kier alpha value is -0.970. The molecule has 0 aromatic carbocycles. The highest BCUT2D eigenvalue weighted by Gasteiger charge is 2.22. The molecule has 0 fully saturated rings. The summed E-state index contributed by atoms with van der Waals surface area (Å²) < 4.78 is 0. The van der Waals surface area contributed by atoms with E-state index in [0.717, 1.165) is 0 Å². The number of terminal acetylenes is 1. The Balaban J connectivity index is 4.19. The summed E-state index contributed by atoms with van der Waals surface area (Å²) in [7, 11) is 1.57. The molecule has 0 atom stereocenters. The van der Waals surface area contributed by atoms with Crippen LogP contribution < -0.4 is 5.32 Å². The highest BCUT2D eigenvalue weighted by molar-refractivity contribution is 5.84. The van der Waals surface area contributed by atoms with Gasteiger partial charge in [0.05, 0.1) is 0 Å². The highest BCUT2D eigenvalue weighted by Crippen LogP contribution is 2.11. The van der Waals surface area contributed by atoms with E-state index in [2.05, 4.69) is 11.2 Å². The van der Waals surface area contributed by atoms with Gasteiger partial charge < -0.3 is 5.32 Å². The molecule has 9 heavy (non-hydrogen) atoms. The highest BCUT2D eigenvalue weighted by atomic mass is 16.2. The van der Waals surface area contributed by atoms with Crippen LogP contribution in [0.1, 0.15) is 13.8 Å². The van der Waals surface area contributed by atoms with Crippen molar-refractivity contribution < 1.29 is 4.79 Å². The van der Waals surface area contributed by atoms with Gasteiger partial charge in [0.1, 0.15) is 5.41 Å². The number of hydrogen-bond acceptors (Lipinski definition) is 1. The van der Waals surface area contributed by atoms with Crippen LogP contribution in [0.4, 0.5) is 0 Å². The summed E-state index contributed by atoms with van der Waals surface area (Å²) >= 11 is 0. The topological polar surface area (TPSA) is 29.1 Å². The first kappa shape index (κ1) is 8.03. The van der Waals surface area contributed by atoms with Crippen LogP contribution in [0.2, 0.25) is 0 Å². The minimum atomic E-state index is -0.672. The van der Waals surface area contributed by atoms with Gasteiger partial charge in [0.15, 0.2) is 0 Å². The smallest absolute Gasteiger partial charge is 0.237 e. The zero-order chi connectivity index (χ0) is 7.49. The van der Waals surface area contributed by atoms with Gasteiger partial charge >= 0.3 is 0 Å². The van der Waals surface area contributed by atoms with Crippen LogP contribution in [-0.2, 0) is 4.79 Å². The van der Waals surface area contributed by atoms with Crippen molar-refractivity contribution in [2.24, 2.45) is 5.41 Å². The zero-order valence-corrected chi connectivity index (χ0v) is 5.99. The van der Waals surface area contributed by atoms with E-state index >= 15 is 0 Å². The van der Waals surface area contributed by atoms with Crippen molar-refractivity contribution >= 4 is 5.91 Å². The van der Waals surface area contributed by atoms with E-state index in [1.54, 1.807) is 20.9 Å². The minimum Gasteiger partial charge on any atom is -0.358 e. The van der Waals surface area contributed by atoms with Gasteiger partial charge in [-0.2, -0.15) is 0 Å². The molecule has 0 bridgehead atoms. The van der Waals surface area contributed by atoms with Crippen LogP contribution in [0.25, 0.3) is 0 Å². The lowest BCUT2D eigenvalue weighted by Gasteiger charge is -2.13. The molecular formula is C7H11NO. The monoisotopic (exact) mass is 125 g/mol. The van der Waals surface area contributed by atoms with E-state index < -0.39 is 5.41 Å². The molecule has 2 heteroatoms. The van der Waals surface area contributed by atoms with E-state index in [9.17, 15) is 4.79 Å². The summed E-state index contributed by atoms with van der Waals surface area (Å²) in [5.41, 5.74) is -0.672. The predicted octanol–water partition coefficient (Wildman–Crippen LogP) is 0.392. The first-order chi connectivity index (χ1) is 4.04. The average Bonchev–Trinajstić information content (AvgIpc) is 1.86. The summed E-state index contributed by atoms with van der Waals surface area (Å²) in [6.45, 7) is 3.40. The van der Waals surface area contributed by atoms with Crippen molar-refractivity contribution in [3.05, 3.63) is 0 Å². The van der Waals surface area contributed by atoms with Gasteiger partial charge in [-0.25, -0.2) is 0 Å². The molecule has 0 radical (unpaired) electrons. The Labute approximate surface area is 55.6 Å². The van der Waals surface area contributed by atoms with Crippen LogP contribution >= 0.6 is 0 Å². The quantitative estimate of drug-likeness (QED) is 0.505. The molecule has 1 N–H and O–H groups in total. The van der Waals surface area contributed by atoms with Crippen molar-refractivity contribution in [3.8, 4) is 12.3 Å². The fraction of sp³-hybridized carbons (Fsp3) is 0.571. The van der Waals surface area contributed by atoms with Crippen molar-refractivity contribution in [1.82, 2.24) is 5.32 Å². The number of rotatable bonds is 1. The molecule has 0 heterocycles. The number of nitrogens with one attached hydrogen (secondary N) is 1. The second-order valence-electron chi connectivity index (χ2n) is 2.35. The number of carbonyl (C=O) groups is 1. The standard InChI is InChI=1S/C7H11NO/c1-5-7(2,3)6(9)8-4/h1H,2-4H3,(H,8,9). The maximum atomic E-state index is 10.8. The Bertz CT molecular complexity index is 153. The molecule has 0 spiro atoms. The maximum Gasteiger partial charge on any atom is 0.237 e. The van der Waals surface area contributed by atoms with E-state index in [0.29, 0.717) is 0 Å². The third-order valence-electron chi connectivity index (χ3n) is 1.16. The number of carbonyl (C=O) groups excluding carboxylic acids is 1. The van der Waals surface area contributed by atoms with Crippen molar-refractivity contribution in [2.45, 2.75) is 13.8 Å². The lowest BCUT2D eigenvalue weighted by molar-refractivity contribution is -0.126. The maximum absolute atomic E-state index is 10.8. The Kier molecular flexibility index (Phi) is 2.27. The lowest BCUT2D eigenvalue weighted by Crippen LogP contribution is -2.32. The van der Waals surface area contributed by atoms with Crippen molar-refractivity contribution in [1.29, 1.82) is 0 Å². The molecule has 0 rings (SSSR count). The molecule has 2 nitrogen and oxygen atoms in total. The minimum absolute atomic E-state index is 0.120. The van der Waals surface area contributed by atoms with E-state index in [1.165, 1.54) is 0 Å². The Morgan fingerprint density at radius 2 is 2.11 bits per heavy atom. The third-order valence-corrected chi connectivity index (χ3v) is 1.16. The molecule has 0 aliphatic heterocycles. The predicted molar refractivity (Wildman–Crippen MR) is 36.7 cm³/mol. The largest absolute Gasteiger partial charge is 0.358 e.